The number of allylic oxidation sites excluding steroid dienone is 1. The van der Waals surface area contributed by atoms with Crippen LogP contribution in [-0.2, 0) is 16.0 Å². The third kappa shape index (κ3) is 2.48. The lowest BCUT2D eigenvalue weighted by molar-refractivity contribution is -0.138. The lowest BCUT2D eigenvalue weighted by Gasteiger charge is -2.03. The van der Waals surface area contributed by atoms with Gasteiger partial charge in [0.15, 0.2) is 0 Å². The van der Waals surface area contributed by atoms with Gasteiger partial charge in [-0.3, -0.25) is 4.79 Å². The Morgan fingerprint density at radius 3 is 2.73 bits per heavy atom. The van der Waals surface area contributed by atoms with Crippen molar-refractivity contribution in [2.75, 3.05) is 0 Å². The second-order valence-corrected chi connectivity index (χ2v) is 4.05. The SMILES string of the molecule is O=C1O/C(=C/Br)CC1Cc1ccccc1. The van der Waals surface area contributed by atoms with Crippen LogP contribution >= 0.6 is 15.9 Å². The fourth-order valence-corrected chi connectivity index (χ4v) is 1.98. The molecule has 15 heavy (non-hydrogen) atoms. The zero-order chi connectivity index (χ0) is 10.7. The van der Waals surface area contributed by atoms with Crippen LogP contribution in [0.4, 0.5) is 0 Å². The van der Waals surface area contributed by atoms with Gasteiger partial charge in [-0.05, 0) is 12.0 Å². The predicted octanol–water partition coefficient (Wildman–Crippen LogP) is 3.03. The number of hydrogen-bond acceptors (Lipinski definition) is 2. The maximum absolute atomic E-state index is 11.5. The van der Waals surface area contributed by atoms with E-state index >= 15 is 0 Å². The average molecular weight is 267 g/mol. The van der Waals surface area contributed by atoms with E-state index in [0.717, 1.165) is 12.2 Å². The van der Waals surface area contributed by atoms with E-state index < -0.39 is 0 Å². The fourth-order valence-electron chi connectivity index (χ4n) is 1.70. The van der Waals surface area contributed by atoms with Gasteiger partial charge in [0.1, 0.15) is 5.76 Å². The zero-order valence-electron chi connectivity index (χ0n) is 8.15. The number of carbonyl (C=O) groups excluding carboxylic acids is 1. The summed E-state index contributed by atoms with van der Waals surface area (Å²) in [6.07, 6.45) is 1.45. The van der Waals surface area contributed by atoms with Gasteiger partial charge in [-0.1, -0.05) is 46.3 Å². The molecule has 1 aliphatic rings. The summed E-state index contributed by atoms with van der Waals surface area (Å²) in [6, 6.07) is 10.0. The summed E-state index contributed by atoms with van der Waals surface area (Å²) in [5.41, 5.74) is 1.18. The largest absolute Gasteiger partial charge is 0.430 e. The molecule has 0 amide bonds. The van der Waals surface area contributed by atoms with E-state index in [0.29, 0.717) is 6.42 Å². The van der Waals surface area contributed by atoms with E-state index in [1.807, 2.05) is 30.3 Å². The van der Waals surface area contributed by atoms with Gasteiger partial charge in [-0.15, -0.1) is 0 Å². The molecule has 2 nitrogen and oxygen atoms in total. The first-order valence-corrected chi connectivity index (χ1v) is 5.76. The molecule has 0 spiro atoms. The molecular formula is C12H11BrO2. The van der Waals surface area contributed by atoms with Crippen LogP contribution in [0, 0.1) is 5.92 Å². The van der Waals surface area contributed by atoms with E-state index in [1.165, 1.54) is 5.56 Å². The fraction of sp³-hybridized carbons (Fsp3) is 0.250. The van der Waals surface area contributed by atoms with Crippen LogP contribution in [0.25, 0.3) is 0 Å². The summed E-state index contributed by atoms with van der Waals surface area (Å²) in [5.74, 6) is 0.571. The average Bonchev–Trinajstić information content (AvgIpc) is 2.61. The van der Waals surface area contributed by atoms with Gasteiger partial charge in [0.05, 0.1) is 5.92 Å². The molecule has 1 aromatic rings. The van der Waals surface area contributed by atoms with Crippen LogP contribution < -0.4 is 0 Å². The second-order valence-electron chi connectivity index (χ2n) is 3.59. The number of benzene rings is 1. The van der Waals surface area contributed by atoms with Crippen LogP contribution in [0.2, 0.25) is 0 Å². The molecule has 1 saturated heterocycles. The molecule has 1 heterocycles. The summed E-state index contributed by atoms with van der Waals surface area (Å²) in [4.78, 5) is 13.1. The first-order chi connectivity index (χ1) is 7.29. The Labute approximate surface area is 97.1 Å². The first-order valence-electron chi connectivity index (χ1n) is 4.84. The lowest BCUT2D eigenvalue weighted by Crippen LogP contribution is -2.10. The molecule has 0 N–H and O–H groups in total. The monoisotopic (exact) mass is 266 g/mol. The van der Waals surface area contributed by atoms with Crippen molar-refractivity contribution in [2.45, 2.75) is 12.8 Å². The number of halogens is 1. The quantitative estimate of drug-likeness (QED) is 0.770. The molecular weight excluding hydrogens is 256 g/mol. The standard InChI is InChI=1S/C12H11BrO2/c13-8-11-7-10(12(14)15-11)6-9-4-2-1-3-5-9/h1-5,8,10H,6-7H2/b11-8+. The molecule has 0 aliphatic carbocycles. The summed E-state index contributed by atoms with van der Waals surface area (Å²) < 4.78 is 5.07. The topological polar surface area (TPSA) is 26.3 Å². The Hall–Kier alpha value is -1.09. The summed E-state index contributed by atoms with van der Waals surface area (Å²) in [7, 11) is 0. The predicted molar refractivity (Wildman–Crippen MR) is 61.4 cm³/mol. The van der Waals surface area contributed by atoms with E-state index in [9.17, 15) is 4.79 Å². The summed E-state index contributed by atoms with van der Waals surface area (Å²) in [5, 5.41) is 0. The highest BCUT2D eigenvalue weighted by molar-refractivity contribution is 9.11. The minimum atomic E-state index is -0.121. The highest BCUT2D eigenvalue weighted by Gasteiger charge is 2.30. The van der Waals surface area contributed by atoms with Gasteiger partial charge in [0, 0.05) is 11.4 Å². The molecule has 1 atom stereocenters. The number of carbonyl (C=O) groups is 1. The Kier molecular flexibility index (Phi) is 3.21. The van der Waals surface area contributed by atoms with Crippen LogP contribution in [0.1, 0.15) is 12.0 Å². The van der Waals surface area contributed by atoms with E-state index in [4.69, 9.17) is 4.74 Å². The highest BCUT2D eigenvalue weighted by Crippen LogP contribution is 2.27. The Morgan fingerprint density at radius 2 is 2.13 bits per heavy atom. The minimum absolute atomic E-state index is 0.0313. The number of ether oxygens (including phenoxy) is 1. The molecule has 1 unspecified atom stereocenters. The van der Waals surface area contributed by atoms with Crippen molar-refractivity contribution in [3.05, 3.63) is 46.6 Å². The van der Waals surface area contributed by atoms with Crippen molar-refractivity contribution < 1.29 is 9.53 Å². The minimum Gasteiger partial charge on any atom is -0.430 e. The molecule has 1 fully saturated rings. The van der Waals surface area contributed by atoms with Gasteiger partial charge in [0.25, 0.3) is 0 Å². The van der Waals surface area contributed by atoms with Crippen molar-refractivity contribution >= 4 is 21.9 Å². The number of esters is 1. The number of rotatable bonds is 2. The maximum atomic E-state index is 11.5. The maximum Gasteiger partial charge on any atom is 0.314 e. The molecule has 0 radical (unpaired) electrons. The van der Waals surface area contributed by atoms with E-state index in [2.05, 4.69) is 15.9 Å². The molecule has 78 valence electrons. The van der Waals surface area contributed by atoms with Crippen molar-refractivity contribution in [3.8, 4) is 0 Å². The van der Waals surface area contributed by atoms with Crippen LogP contribution in [0.5, 0.6) is 0 Å². The van der Waals surface area contributed by atoms with Gasteiger partial charge < -0.3 is 4.74 Å². The summed E-state index contributed by atoms with van der Waals surface area (Å²) >= 11 is 3.18. The normalized spacial score (nSPS) is 23.1. The zero-order valence-corrected chi connectivity index (χ0v) is 9.74. The molecule has 0 bridgehead atoms. The van der Waals surface area contributed by atoms with Gasteiger partial charge in [-0.2, -0.15) is 0 Å². The van der Waals surface area contributed by atoms with Gasteiger partial charge >= 0.3 is 5.97 Å². The van der Waals surface area contributed by atoms with Crippen molar-refractivity contribution in [1.82, 2.24) is 0 Å². The molecule has 1 aliphatic heterocycles. The van der Waals surface area contributed by atoms with Gasteiger partial charge in [-0.25, -0.2) is 0 Å². The third-order valence-corrected chi connectivity index (χ3v) is 2.97. The van der Waals surface area contributed by atoms with E-state index in [-0.39, 0.29) is 11.9 Å². The van der Waals surface area contributed by atoms with Crippen molar-refractivity contribution in [2.24, 2.45) is 5.92 Å². The molecule has 0 aromatic heterocycles. The van der Waals surface area contributed by atoms with Crippen LogP contribution in [-0.4, -0.2) is 5.97 Å². The smallest absolute Gasteiger partial charge is 0.314 e. The second kappa shape index (κ2) is 4.62. The Morgan fingerprint density at radius 1 is 1.40 bits per heavy atom. The number of cyclic esters (lactones) is 1. The van der Waals surface area contributed by atoms with Crippen LogP contribution in [0.3, 0.4) is 0 Å². The Bertz CT molecular complexity index is 384. The highest BCUT2D eigenvalue weighted by atomic mass is 79.9. The molecule has 0 saturated carbocycles. The Balaban J connectivity index is 2.05. The van der Waals surface area contributed by atoms with Crippen molar-refractivity contribution in [1.29, 1.82) is 0 Å². The summed E-state index contributed by atoms with van der Waals surface area (Å²) in [6.45, 7) is 0. The van der Waals surface area contributed by atoms with Gasteiger partial charge in [0.2, 0.25) is 0 Å². The molecule has 1 aromatic carbocycles. The lowest BCUT2D eigenvalue weighted by atomic mass is 9.98. The van der Waals surface area contributed by atoms with Crippen molar-refractivity contribution in [3.63, 3.8) is 0 Å². The third-order valence-electron chi connectivity index (χ3n) is 2.46. The molecule has 3 heteroatoms. The van der Waals surface area contributed by atoms with Crippen LogP contribution in [0.15, 0.2) is 41.1 Å². The number of hydrogen-bond donors (Lipinski definition) is 0. The first kappa shape index (κ1) is 10.4. The van der Waals surface area contributed by atoms with E-state index in [1.54, 1.807) is 4.99 Å². The molecule has 2 rings (SSSR count).